The van der Waals surface area contributed by atoms with Crippen LogP contribution in [0, 0.1) is 0 Å². The second-order valence-corrected chi connectivity index (χ2v) is 8.96. The summed E-state index contributed by atoms with van der Waals surface area (Å²) in [6.45, 7) is 5.78. The molecule has 0 N–H and O–H groups in total. The smallest absolute Gasteiger partial charge is 0.237 e. The van der Waals surface area contributed by atoms with Crippen molar-refractivity contribution >= 4 is 15.7 Å². The van der Waals surface area contributed by atoms with Gasteiger partial charge in [-0.05, 0) is 27.4 Å². The Morgan fingerprint density at radius 1 is 1.35 bits per heavy atom. The Labute approximate surface area is 139 Å². The third-order valence-electron chi connectivity index (χ3n) is 4.46. The lowest BCUT2D eigenvalue weighted by atomic mass is 10.2. The van der Waals surface area contributed by atoms with E-state index in [2.05, 4.69) is 9.80 Å². The van der Waals surface area contributed by atoms with Gasteiger partial charge < -0.3 is 14.5 Å². The molecule has 2 saturated heterocycles. The number of hydrogen-bond acceptors (Lipinski definition) is 6. The van der Waals surface area contributed by atoms with Gasteiger partial charge in [0.05, 0.1) is 30.8 Å². The summed E-state index contributed by atoms with van der Waals surface area (Å²) in [5.74, 6) is 0.336. The van der Waals surface area contributed by atoms with Crippen molar-refractivity contribution in [2.45, 2.75) is 25.5 Å². The van der Waals surface area contributed by atoms with Gasteiger partial charge in [-0.25, -0.2) is 8.42 Å². The molecule has 134 valence electrons. The monoisotopic (exact) mass is 347 g/mol. The van der Waals surface area contributed by atoms with Crippen molar-refractivity contribution in [2.24, 2.45) is 0 Å². The highest BCUT2D eigenvalue weighted by molar-refractivity contribution is 7.91. The number of hydrogen-bond donors (Lipinski definition) is 0. The number of rotatable bonds is 6. The van der Waals surface area contributed by atoms with E-state index >= 15 is 0 Å². The minimum Gasteiger partial charge on any atom is -0.374 e. The van der Waals surface area contributed by atoms with Crippen LogP contribution in [0.3, 0.4) is 0 Å². The molecule has 2 unspecified atom stereocenters. The molecule has 2 rings (SSSR count). The maximum Gasteiger partial charge on any atom is 0.237 e. The van der Waals surface area contributed by atoms with Crippen molar-refractivity contribution in [3.63, 3.8) is 0 Å². The number of carbonyl (C=O) groups excluding carboxylic acids is 1. The SMILES string of the molecule is CCN(C(=O)CN1CCOC(CN(C)C)C1)C1CCS(=O)(=O)C1. The zero-order valence-corrected chi connectivity index (χ0v) is 15.2. The van der Waals surface area contributed by atoms with Gasteiger partial charge in [0.1, 0.15) is 0 Å². The van der Waals surface area contributed by atoms with Crippen molar-refractivity contribution in [1.29, 1.82) is 0 Å². The largest absolute Gasteiger partial charge is 0.374 e. The number of morpholine rings is 1. The van der Waals surface area contributed by atoms with Crippen LogP contribution in [0.5, 0.6) is 0 Å². The summed E-state index contributed by atoms with van der Waals surface area (Å²) in [4.78, 5) is 18.5. The van der Waals surface area contributed by atoms with Crippen molar-refractivity contribution < 1.29 is 17.9 Å². The second kappa shape index (κ2) is 7.92. The van der Waals surface area contributed by atoms with E-state index in [1.165, 1.54) is 0 Å². The molecule has 0 radical (unpaired) electrons. The molecule has 2 heterocycles. The summed E-state index contributed by atoms with van der Waals surface area (Å²) < 4.78 is 29.0. The van der Waals surface area contributed by atoms with E-state index in [9.17, 15) is 13.2 Å². The Bertz CT molecular complexity index is 509. The lowest BCUT2D eigenvalue weighted by Crippen LogP contribution is -2.51. The summed E-state index contributed by atoms with van der Waals surface area (Å²) in [5, 5.41) is 0. The highest BCUT2D eigenvalue weighted by atomic mass is 32.2. The summed E-state index contributed by atoms with van der Waals surface area (Å²) in [5.41, 5.74) is 0. The third-order valence-corrected chi connectivity index (χ3v) is 6.21. The fourth-order valence-electron chi connectivity index (χ4n) is 3.38. The van der Waals surface area contributed by atoms with Crippen LogP contribution in [-0.2, 0) is 19.4 Å². The van der Waals surface area contributed by atoms with E-state index in [1.54, 1.807) is 4.90 Å². The molecule has 8 heteroatoms. The average Bonchev–Trinajstić information content (AvgIpc) is 2.79. The van der Waals surface area contributed by atoms with Gasteiger partial charge in [-0.2, -0.15) is 0 Å². The topological polar surface area (TPSA) is 70.2 Å². The van der Waals surface area contributed by atoms with Crippen molar-refractivity contribution in [3.05, 3.63) is 0 Å². The predicted octanol–water partition coefficient (Wildman–Crippen LogP) is -0.716. The van der Waals surface area contributed by atoms with Crippen LogP contribution < -0.4 is 0 Å². The molecule has 0 aromatic carbocycles. The molecular weight excluding hydrogens is 318 g/mol. The Balaban J connectivity index is 1.89. The summed E-state index contributed by atoms with van der Waals surface area (Å²) in [7, 11) is 1.04. The first kappa shape index (κ1) is 18.6. The maximum absolute atomic E-state index is 12.6. The van der Waals surface area contributed by atoms with E-state index in [0.29, 0.717) is 26.1 Å². The van der Waals surface area contributed by atoms with Gasteiger partial charge >= 0.3 is 0 Å². The maximum atomic E-state index is 12.6. The molecule has 2 aliphatic heterocycles. The van der Waals surface area contributed by atoms with E-state index in [0.717, 1.165) is 19.6 Å². The van der Waals surface area contributed by atoms with Crippen LogP contribution in [0.2, 0.25) is 0 Å². The molecule has 0 bridgehead atoms. The Morgan fingerprint density at radius 2 is 2.09 bits per heavy atom. The number of sulfone groups is 1. The van der Waals surface area contributed by atoms with Gasteiger partial charge in [-0.3, -0.25) is 9.69 Å². The molecule has 7 nitrogen and oxygen atoms in total. The van der Waals surface area contributed by atoms with Crippen molar-refractivity contribution in [1.82, 2.24) is 14.7 Å². The molecule has 0 spiro atoms. The van der Waals surface area contributed by atoms with Gasteiger partial charge in [0, 0.05) is 32.2 Å². The normalized spacial score (nSPS) is 28.2. The van der Waals surface area contributed by atoms with Crippen molar-refractivity contribution in [3.8, 4) is 0 Å². The van der Waals surface area contributed by atoms with Crippen LogP contribution in [0.15, 0.2) is 0 Å². The highest BCUT2D eigenvalue weighted by Gasteiger charge is 2.34. The van der Waals surface area contributed by atoms with E-state index in [1.807, 2.05) is 21.0 Å². The lowest BCUT2D eigenvalue weighted by molar-refractivity contribution is -0.136. The molecule has 1 amide bonds. The minimum absolute atomic E-state index is 0.0279. The van der Waals surface area contributed by atoms with E-state index < -0.39 is 9.84 Å². The first-order valence-corrected chi connectivity index (χ1v) is 10.1. The van der Waals surface area contributed by atoms with Crippen molar-refractivity contribution in [2.75, 3.05) is 64.9 Å². The predicted molar refractivity (Wildman–Crippen MR) is 89.2 cm³/mol. The number of amides is 1. The van der Waals surface area contributed by atoms with Gasteiger partial charge in [0.2, 0.25) is 5.91 Å². The molecule has 23 heavy (non-hydrogen) atoms. The zero-order valence-electron chi connectivity index (χ0n) is 14.4. The molecule has 0 aliphatic carbocycles. The van der Waals surface area contributed by atoms with Gasteiger partial charge in [0.25, 0.3) is 0 Å². The Kier molecular flexibility index (Phi) is 6.41. The first-order valence-electron chi connectivity index (χ1n) is 8.29. The quantitative estimate of drug-likeness (QED) is 0.632. The minimum atomic E-state index is -2.97. The Morgan fingerprint density at radius 3 is 2.65 bits per heavy atom. The third kappa shape index (κ3) is 5.41. The van der Waals surface area contributed by atoms with Crippen LogP contribution in [0.25, 0.3) is 0 Å². The van der Waals surface area contributed by atoms with E-state index in [4.69, 9.17) is 4.74 Å². The molecule has 0 aromatic rings. The van der Waals surface area contributed by atoms with Gasteiger partial charge in [-0.15, -0.1) is 0 Å². The number of ether oxygens (including phenoxy) is 1. The molecule has 2 atom stereocenters. The lowest BCUT2D eigenvalue weighted by Gasteiger charge is -2.35. The standard InChI is InChI=1S/C15H29N3O4S/c1-4-18(13-5-8-23(20,21)12-13)15(19)11-17-6-7-22-14(10-17)9-16(2)3/h13-14H,4-12H2,1-3H3. The molecule has 0 aromatic heterocycles. The van der Waals surface area contributed by atoms with Crippen LogP contribution in [0.4, 0.5) is 0 Å². The van der Waals surface area contributed by atoms with E-state index in [-0.39, 0.29) is 29.6 Å². The second-order valence-electron chi connectivity index (χ2n) is 6.73. The molecule has 2 fully saturated rings. The van der Waals surface area contributed by atoms with Gasteiger partial charge in [0.15, 0.2) is 9.84 Å². The highest BCUT2D eigenvalue weighted by Crippen LogP contribution is 2.18. The van der Waals surface area contributed by atoms with Crippen LogP contribution >= 0.6 is 0 Å². The molecular formula is C15H29N3O4S. The fraction of sp³-hybridized carbons (Fsp3) is 0.933. The summed E-state index contributed by atoms with van der Waals surface area (Å²) >= 11 is 0. The van der Waals surface area contributed by atoms with Crippen LogP contribution in [0.1, 0.15) is 13.3 Å². The van der Waals surface area contributed by atoms with Crippen LogP contribution in [-0.4, -0.2) is 106 Å². The number of nitrogens with zero attached hydrogens (tertiary/aromatic N) is 3. The molecule has 0 saturated carbocycles. The first-order chi connectivity index (χ1) is 10.8. The fourth-order valence-corrected chi connectivity index (χ4v) is 5.11. The van der Waals surface area contributed by atoms with Gasteiger partial charge in [-0.1, -0.05) is 0 Å². The summed E-state index contributed by atoms with van der Waals surface area (Å²) in [6, 6.07) is -0.156. The average molecular weight is 347 g/mol. The summed E-state index contributed by atoms with van der Waals surface area (Å²) in [6.07, 6.45) is 0.683. The molecule has 2 aliphatic rings. The number of carbonyl (C=O) groups is 1. The Hall–Kier alpha value is -0.700. The zero-order chi connectivity index (χ0) is 17.0. The number of likely N-dealkylation sites (N-methyl/N-ethyl adjacent to an activating group) is 2.